The Morgan fingerprint density at radius 2 is 0.478 bits per heavy atom. The first-order valence-electron chi connectivity index (χ1n) is 12.6. The number of benzene rings is 5. The molecule has 0 saturated carbocycles. The Bertz CT molecular complexity index is 1430. The second-order valence-electron chi connectivity index (χ2n) is 8.85. The van der Waals surface area contributed by atoms with Gasteiger partial charge in [-0.2, -0.15) is 0 Å². The van der Waals surface area contributed by atoms with Gasteiger partial charge in [-0.05, 0) is 60.7 Å². The van der Waals surface area contributed by atoms with E-state index >= 15 is 0 Å². The standard InChI is InChI=1S/C18H15S.C12H10I.2AsF6/c1-4-10-16(11-5-1)19(17-12-6-2-7-13-17)18-14-8-3-9-15-18;1-3-7-11(8-4-1)13-12-9-5-2-6-10-12;2*2-1(3,4,5,6)7/h1-15H;1-10H;;/q2*+1;2*-1. The van der Waals surface area contributed by atoms with Crippen molar-refractivity contribution in [2.45, 2.75) is 14.7 Å². The Hall–Kier alpha value is -2.54. The van der Waals surface area contributed by atoms with E-state index in [0.717, 1.165) is 0 Å². The fourth-order valence-corrected chi connectivity index (χ4v) is 7.53. The molecule has 0 saturated heterocycles. The molecule has 0 aliphatic carbocycles. The third kappa shape index (κ3) is 23.7. The van der Waals surface area contributed by atoms with Crippen LogP contribution in [-0.4, -0.2) is 28.3 Å². The predicted octanol–water partition coefficient (Wildman–Crippen LogP) is 8.88. The normalized spacial score (nSPS) is 14.2. The van der Waals surface area contributed by atoms with Gasteiger partial charge in [-0.25, -0.2) is 0 Å². The quantitative estimate of drug-likeness (QED) is 0.0716. The molecule has 5 aromatic rings. The molecule has 16 heteroatoms. The Balaban J connectivity index is 0.000000237. The van der Waals surface area contributed by atoms with Crippen molar-refractivity contribution >= 4 is 39.2 Å². The van der Waals surface area contributed by atoms with Crippen LogP contribution in [0.15, 0.2) is 166 Å². The Kier molecular flexibility index (Phi) is 12.3. The number of hydrogen-bond donors (Lipinski definition) is 0. The Morgan fingerprint density at radius 3 is 0.674 bits per heavy atom. The minimum atomic E-state index is -11.1. The third-order valence-electron chi connectivity index (χ3n) is 4.62. The second-order valence-corrected chi connectivity index (χ2v) is 21.9. The summed E-state index contributed by atoms with van der Waals surface area (Å²) in [4.78, 5) is 4.08. The van der Waals surface area contributed by atoms with Crippen molar-refractivity contribution in [3.8, 4) is 0 Å². The van der Waals surface area contributed by atoms with Crippen molar-refractivity contribution in [1.82, 2.24) is 0 Å². The molecule has 0 atom stereocenters. The van der Waals surface area contributed by atoms with E-state index in [9.17, 15) is 41.6 Å². The monoisotopic (exact) mass is 922 g/mol. The second kappa shape index (κ2) is 14.3. The van der Waals surface area contributed by atoms with Crippen LogP contribution in [0.2, 0.25) is 0 Å². The van der Waals surface area contributed by atoms with Crippen LogP contribution in [0, 0.1) is 7.14 Å². The first-order valence-corrected chi connectivity index (χ1v) is 24.5. The molecule has 0 amide bonds. The smallest absolute Gasteiger partial charge is 0.0619 e. The zero-order valence-electron chi connectivity index (χ0n) is 23.1. The SMILES string of the molecule is F[As-](F)(F)(F)(F)F.F[As-](F)(F)(F)(F)F.c1ccc([I+]c2ccccc2)cc1.c1ccc([S+](c2ccccc2)c2ccccc2)cc1. The molecule has 5 aromatic carbocycles. The fraction of sp³-hybridized carbons (Fsp3) is 0. The maximum atomic E-state index is 9.91. The van der Waals surface area contributed by atoms with Crippen LogP contribution < -0.4 is 21.2 Å². The van der Waals surface area contributed by atoms with Crippen molar-refractivity contribution < 1.29 is 62.8 Å². The molecule has 0 nitrogen and oxygen atoms in total. The molecule has 0 N–H and O–H groups in total. The van der Waals surface area contributed by atoms with E-state index < -0.39 is 28.3 Å². The summed E-state index contributed by atoms with van der Waals surface area (Å²) in [7, 11) is -0.0146. The van der Waals surface area contributed by atoms with Crippen LogP contribution in [-0.2, 0) is 10.9 Å². The van der Waals surface area contributed by atoms with Gasteiger partial charge in [0.2, 0.25) is 0 Å². The van der Waals surface area contributed by atoms with Gasteiger partial charge < -0.3 is 0 Å². The van der Waals surface area contributed by atoms with Gasteiger partial charge in [-0.3, -0.25) is 0 Å². The molecule has 5 rings (SSSR count). The van der Waals surface area contributed by atoms with E-state index in [1.165, 1.54) is 21.8 Å². The Morgan fingerprint density at radius 1 is 0.304 bits per heavy atom. The van der Waals surface area contributed by atoms with E-state index in [1.54, 1.807) is 0 Å². The van der Waals surface area contributed by atoms with E-state index in [1.807, 2.05) is 0 Å². The number of rotatable bonds is 5. The summed E-state index contributed by atoms with van der Waals surface area (Å²) in [6, 6.07) is 53.6. The van der Waals surface area contributed by atoms with Gasteiger partial charge in [-0.1, -0.05) is 91.0 Å². The van der Waals surface area contributed by atoms with E-state index in [0.29, 0.717) is 0 Å². The molecular weight excluding hydrogens is 897 g/mol. The van der Waals surface area contributed by atoms with Gasteiger partial charge >= 0.3 is 91.1 Å². The molecule has 0 aliphatic rings. The summed E-state index contributed by atoms with van der Waals surface area (Å²) in [6.07, 6.45) is 0. The average molecular weight is 922 g/mol. The van der Waals surface area contributed by atoms with E-state index in [4.69, 9.17) is 0 Å². The molecule has 0 spiro atoms. The molecule has 0 heterocycles. The molecule has 0 aliphatic heterocycles. The van der Waals surface area contributed by atoms with Gasteiger partial charge in [-0.15, -0.1) is 0 Å². The summed E-state index contributed by atoms with van der Waals surface area (Å²) >= 11 is -22.1. The molecule has 0 fully saturated rings. The molecule has 0 bridgehead atoms. The van der Waals surface area contributed by atoms with Gasteiger partial charge in [0.25, 0.3) is 0 Å². The van der Waals surface area contributed by atoms with Crippen LogP contribution in [0.5, 0.6) is 0 Å². The maximum Gasteiger partial charge on any atom is 0.357 e. The van der Waals surface area contributed by atoms with Crippen molar-refractivity contribution in [3.63, 3.8) is 0 Å². The zero-order chi connectivity index (χ0) is 34.7. The van der Waals surface area contributed by atoms with Crippen LogP contribution in [0.4, 0.5) is 41.6 Å². The maximum absolute atomic E-state index is 11.1. The average Bonchev–Trinajstić information content (AvgIpc) is 2.93. The molecule has 0 aromatic heterocycles. The van der Waals surface area contributed by atoms with Gasteiger partial charge in [0, 0.05) is 0 Å². The van der Waals surface area contributed by atoms with Crippen LogP contribution in [0.1, 0.15) is 0 Å². The predicted molar refractivity (Wildman–Crippen MR) is 157 cm³/mol. The van der Waals surface area contributed by atoms with Crippen molar-refractivity contribution in [3.05, 3.63) is 159 Å². The van der Waals surface area contributed by atoms with Gasteiger partial charge in [0.1, 0.15) is 0 Å². The fourth-order valence-electron chi connectivity index (χ4n) is 3.16. The summed E-state index contributed by atoms with van der Waals surface area (Å²) in [5, 5.41) is 0. The largest absolute Gasteiger partial charge is 0.357 e. The molecule has 252 valence electrons. The van der Waals surface area contributed by atoms with Crippen molar-refractivity contribution in [2.75, 3.05) is 0 Å². The number of hydrogen-bond acceptors (Lipinski definition) is 0. The minimum Gasteiger partial charge on any atom is -0.0619 e. The molecule has 0 unspecified atom stereocenters. The summed E-state index contributed by atoms with van der Waals surface area (Å²) < 4.78 is 122. The first-order chi connectivity index (χ1) is 20.8. The summed E-state index contributed by atoms with van der Waals surface area (Å²) in [6.45, 7) is 0. The molecule has 46 heavy (non-hydrogen) atoms. The summed E-state index contributed by atoms with van der Waals surface area (Å²) in [5.41, 5.74) is 0. The van der Waals surface area contributed by atoms with E-state index in [2.05, 4.69) is 152 Å². The van der Waals surface area contributed by atoms with Crippen molar-refractivity contribution in [2.24, 2.45) is 0 Å². The van der Waals surface area contributed by atoms with E-state index in [-0.39, 0.29) is 32.1 Å². The molecule has 0 radical (unpaired) electrons. The van der Waals surface area contributed by atoms with Crippen LogP contribution in [0.25, 0.3) is 0 Å². The van der Waals surface area contributed by atoms with Gasteiger partial charge in [0.05, 0.1) is 10.9 Å². The minimum absolute atomic E-state index is 0.0146. The Labute approximate surface area is 273 Å². The summed E-state index contributed by atoms with van der Waals surface area (Å²) in [5.74, 6) is 0. The number of halogens is 13. The van der Waals surface area contributed by atoms with Gasteiger partial charge in [0.15, 0.2) is 21.8 Å². The zero-order valence-corrected chi connectivity index (χ0v) is 29.9. The third-order valence-corrected chi connectivity index (χ3v) is 9.54. The van der Waals surface area contributed by atoms with Crippen molar-refractivity contribution in [1.29, 1.82) is 0 Å². The van der Waals surface area contributed by atoms with Crippen LogP contribution in [0.3, 0.4) is 0 Å². The topological polar surface area (TPSA) is 0 Å². The molecular formula is C30H25As2F12IS. The van der Waals surface area contributed by atoms with Crippen LogP contribution >= 0.6 is 0 Å². The first kappa shape index (κ1) is 39.6.